The van der Waals surface area contributed by atoms with Crippen molar-refractivity contribution < 1.29 is 18.0 Å². The number of sulfonamides is 1. The van der Waals surface area contributed by atoms with E-state index in [2.05, 4.69) is 5.32 Å². The molecule has 9 heteroatoms. The minimum absolute atomic E-state index is 0.0358. The number of hydrogen-bond acceptors (Lipinski definition) is 4. The highest BCUT2D eigenvalue weighted by Gasteiger charge is 2.50. The summed E-state index contributed by atoms with van der Waals surface area (Å²) < 4.78 is 25.6. The summed E-state index contributed by atoms with van der Waals surface area (Å²) in [5, 5.41) is 3.64. The van der Waals surface area contributed by atoms with E-state index < -0.39 is 21.5 Å². The number of aryl methyl sites for hydroxylation is 1. The van der Waals surface area contributed by atoms with Gasteiger partial charge in [0.2, 0.25) is 21.8 Å². The van der Waals surface area contributed by atoms with Crippen LogP contribution in [-0.4, -0.2) is 55.5 Å². The highest BCUT2D eigenvalue weighted by atomic mass is 35.5. The second-order valence-electron chi connectivity index (χ2n) is 8.63. The number of nitrogens with one attached hydrogen (secondary N) is 1. The highest BCUT2D eigenvalue weighted by Crippen LogP contribution is 2.34. The van der Waals surface area contributed by atoms with Gasteiger partial charge in [0.05, 0.1) is 12.8 Å². The Morgan fingerprint density at radius 1 is 1.20 bits per heavy atom. The average molecular weight is 456 g/mol. The summed E-state index contributed by atoms with van der Waals surface area (Å²) in [6.45, 7) is 3.06. The van der Waals surface area contributed by atoms with Crippen LogP contribution in [0.1, 0.15) is 51.0 Å². The first-order chi connectivity index (χ1) is 14.0. The van der Waals surface area contributed by atoms with Crippen molar-refractivity contribution in [3.8, 4) is 0 Å². The van der Waals surface area contributed by atoms with Gasteiger partial charge in [-0.05, 0) is 50.5 Å². The lowest BCUT2D eigenvalue weighted by Crippen LogP contribution is -2.70. The third-order valence-corrected chi connectivity index (χ3v) is 7.52. The van der Waals surface area contributed by atoms with Gasteiger partial charge in [-0.1, -0.05) is 37.3 Å². The fourth-order valence-corrected chi connectivity index (χ4v) is 5.47. The smallest absolute Gasteiger partial charge is 0.247 e. The van der Waals surface area contributed by atoms with Crippen LogP contribution in [0.3, 0.4) is 0 Å². The van der Waals surface area contributed by atoms with Gasteiger partial charge in [0.1, 0.15) is 5.54 Å². The Hall–Kier alpha value is -1.64. The topological polar surface area (TPSA) is 86.8 Å². The largest absolute Gasteiger partial charge is 0.351 e. The number of hydrogen-bond donors (Lipinski definition) is 1. The first-order valence-electron chi connectivity index (χ1n) is 10.4. The summed E-state index contributed by atoms with van der Waals surface area (Å²) >= 11 is 6.08. The number of nitrogens with zero attached hydrogens (tertiary/aromatic N) is 2. The molecule has 166 valence electrons. The summed E-state index contributed by atoms with van der Waals surface area (Å²) in [7, 11) is -3.64. The van der Waals surface area contributed by atoms with Crippen molar-refractivity contribution in [2.45, 2.75) is 64.0 Å². The van der Waals surface area contributed by atoms with E-state index in [0.717, 1.165) is 54.6 Å². The van der Waals surface area contributed by atoms with E-state index in [1.54, 1.807) is 25.1 Å². The zero-order valence-electron chi connectivity index (χ0n) is 17.8. The Bertz CT molecular complexity index is 928. The molecule has 1 aliphatic heterocycles. The molecule has 30 heavy (non-hydrogen) atoms. The number of anilines is 1. The number of carbonyl (C=O) groups is 2. The Morgan fingerprint density at radius 3 is 2.40 bits per heavy atom. The third-order valence-electron chi connectivity index (χ3n) is 6.09. The Labute approximate surface area is 183 Å². The van der Waals surface area contributed by atoms with E-state index in [-0.39, 0.29) is 25.0 Å². The minimum atomic E-state index is -3.64. The van der Waals surface area contributed by atoms with Crippen LogP contribution >= 0.6 is 11.6 Å². The van der Waals surface area contributed by atoms with Gasteiger partial charge < -0.3 is 5.32 Å². The zero-order chi connectivity index (χ0) is 22.1. The third kappa shape index (κ3) is 4.81. The molecule has 1 aromatic carbocycles. The first kappa shape index (κ1) is 23.0. The molecule has 1 atom stereocenters. The van der Waals surface area contributed by atoms with Crippen LogP contribution < -0.4 is 10.2 Å². The second kappa shape index (κ2) is 8.85. The van der Waals surface area contributed by atoms with E-state index in [4.69, 9.17) is 11.6 Å². The van der Waals surface area contributed by atoms with E-state index in [9.17, 15) is 18.0 Å². The van der Waals surface area contributed by atoms with Crippen molar-refractivity contribution in [1.29, 1.82) is 0 Å². The van der Waals surface area contributed by atoms with Gasteiger partial charge >= 0.3 is 0 Å². The van der Waals surface area contributed by atoms with Crippen molar-refractivity contribution >= 4 is 39.1 Å². The molecule has 0 spiro atoms. The summed E-state index contributed by atoms with van der Waals surface area (Å²) in [6.07, 6.45) is 7.26. The molecule has 7 nitrogen and oxygen atoms in total. The first-order valence-corrected chi connectivity index (χ1v) is 12.6. The highest BCUT2D eigenvalue weighted by molar-refractivity contribution is 7.88. The van der Waals surface area contributed by atoms with Crippen LogP contribution in [0.4, 0.5) is 5.69 Å². The normalized spacial score (nSPS) is 24.5. The molecule has 0 bridgehead atoms. The molecule has 3 rings (SSSR count). The van der Waals surface area contributed by atoms with Crippen LogP contribution in [0.15, 0.2) is 18.2 Å². The molecule has 0 unspecified atom stereocenters. The lowest BCUT2D eigenvalue weighted by molar-refractivity contribution is -0.133. The number of piperazine rings is 1. The quantitative estimate of drug-likeness (QED) is 0.707. The van der Waals surface area contributed by atoms with Crippen molar-refractivity contribution in [3.05, 3.63) is 28.8 Å². The minimum Gasteiger partial charge on any atom is -0.351 e. The van der Waals surface area contributed by atoms with Crippen molar-refractivity contribution in [2.24, 2.45) is 0 Å². The molecule has 1 aliphatic carbocycles. The predicted molar refractivity (Wildman–Crippen MR) is 118 cm³/mol. The lowest BCUT2D eigenvalue weighted by Gasteiger charge is -2.47. The fourth-order valence-electron chi connectivity index (χ4n) is 4.41. The van der Waals surface area contributed by atoms with Gasteiger partial charge in [-0.2, -0.15) is 4.31 Å². The molecule has 1 saturated heterocycles. The summed E-state index contributed by atoms with van der Waals surface area (Å²) in [4.78, 5) is 28.1. The molecule has 0 radical (unpaired) electrons. The van der Waals surface area contributed by atoms with Gasteiger partial charge in [-0.25, -0.2) is 8.42 Å². The van der Waals surface area contributed by atoms with E-state index in [1.807, 2.05) is 6.92 Å². The van der Waals surface area contributed by atoms with Crippen molar-refractivity contribution in [3.63, 3.8) is 0 Å². The Balaban J connectivity index is 2.00. The van der Waals surface area contributed by atoms with Crippen LogP contribution in [0, 0.1) is 6.92 Å². The molecular weight excluding hydrogens is 426 g/mol. The van der Waals surface area contributed by atoms with Crippen LogP contribution in [0.5, 0.6) is 0 Å². The average Bonchev–Trinajstić information content (AvgIpc) is 2.90. The predicted octanol–water partition coefficient (Wildman–Crippen LogP) is 2.85. The van der Waals surface area contributed by atoms with Gasteiger partial charge in [0, 0.05) is 23.3 Å². The van der Waals surface area contributed by atoms with Crippen molar-refractivity contribution in [2.75, 3.05) is 24.2 Å². The molecule has 1 saturated carbocycles. The summed E-state index contributed by atoms with van der Waals surface area (Å²) in [5.74, 6) is -0.763. The molecule has 1 heterocycles. The molecule has 2 aliphatic rings. The number of carbonyl (C=O) groups excluding carboxylic acids is 2. The molecule has 1 N–H and O–H groups in total. The SMILES string of the molecule is Cc1cc(Cl)ccc1N1C(=O)CN(S(C)(=O)=O)C[C@@]1(C)C(=O)NC1CCCCCC1. The van der Waals surface area contributed by atoms with Gasteiger partial charge in [0.25, 0.3) is 0 Å². The van der Waals surface area contributed by atoms with E-state index in [0.29, 0.717) is 10.7 Å². The molecule has 2 amide bonds. The summed E-state index contributed by atoms with van der Waals surface area (Å²) in [5.41, 5.74) is -0.0586. The van der Waals surface area contributed by atoms with E-state index >= 15 is 0 Å². The maximum atomic E-state index is 13.5. The second-order valence-corrected chi connectivity index (χ2v) is 11.0. The van der Waals surface area contributed by atoms with Crippen LogP contribution in [-0.2, 0) is 19.6 Å². The lowest BCUT2D eigenvalue weighted by atomic mass is 9.92. The van der Waals surface area contributed by atoms with Gasteiger partial charge in [0.15, 0.2) is 0 Å². The maximum Gasteiger partial charge on any atom is 0.247 e. The molecule has 2 fully saturated rings. The zero-order valence-corrected chi connectivity index (χ0v) is 19.4. The van der Waals surface area contributed by atoms with Gasteiger partial charge in [-0.15, -0.1) is 0 Å². The number of benzene rings is 1. The molecule has 1 aromatic rings. The van der Waals surface area contributed by atoms with Crippen molar-refractivity contribution in [1.82, 2.24) is 9.62 Å². The molecule has 0 aromatic heterocycles. The van der Waals surface area contributed by atoms with Crippen LogP contribution in [0.2, 0.25) is 5.02 Å². The number of amides is 2. The number of halogens is 1. The fraction of sp³-hybridized carbons (Fsp3) is 0.619. The van der Waals surface area contributed by atoms with Crippen LogP contribution in [0.25, 0.3) is 0 Å². The Morgan fingerprint density at radius 2 is 1.83 bits per heavy atom. The monoisotopic (exact) mass is 455 g/mol. The number of rotatable bonds is 4. The maximum absolute atomic E-state index is 13.5. The summed E-state index contributed by atoms with van der Waals surface area (Å²) in [6, 6.07) is 5.15. The van der Waals surface area contributed by atoms with Gasteiger partial charge in [-0.3, -0.25) is 14.5 Å². The standard InChI is InChI=1S/C21H30ClN3O4S/c1-15-12-16(22)10-11-18(15)25-19(26)13-24(30(3,28)29)14-21(25,2)20(27)23-17-8-6-4-5-7-9-17/h10-12,17H,4-9,13-14H2,1-3H3,(H,23,27)/t21-/m0/s1. The Kier molecular flexibility index (Phi) is 6.79. The van der Waals surface area contributed by atoms with E-state index in [1.165, 1.54) is 4.90 Å². The molecular formula is C21H30ClN3O4S.